The van der Waals surface area contributed by atoms with Crippen molar-refractivity contribution in [3.8, 4) is 0 Å². The third kappa shape index (κ3) is 3.07. The van der Waals surface area contributed by atoms with Crippen molar-refractivity contribution < 1.29 is 19.4 Å². The fraction of sp³-hybridized carbons (Fsp3) is 0.375. The molecule has 0 saturated heterocycles. The van der Waals surface area contributed by atoms with E-state index < -0.39 is 12.0 Å². The van der Waals surface area contributed by atoms with E-state index in [1.807, 2.05) is 19.1 Å². The summed E-state index contributed by atoms with van der Waals surface area (Å²) in [6.45, 7) is 3.97. The smallest absolute Gasteiger partial charge is 0.336 e. The minimum absolute atomic E-state index is 0.118. The Morgan fingerprint density at radius 1 is 1.48 bits per heavy atom. The highest BCUT2D eigenvalue weighted by Gasteiger charge is 2.32. The average Bonchev–Trinajstić information content (AvgIpc) is 2.46. The lowest BCUT2D eigenvalue weighted by molar-refractivity contribution is -0.144. The Hall–Kier alpha value is -2.30. The van der Waals surface area contributed by atoms with Gasteiger partial charge >= 0.3 is 11.9 Å². The number of allylic oxidation sites excluding steroid dienone is 2. The second-order valence-electron chi connectivity index (χ2n) is 4.89. The van der Waals surface area contributed by atoms with Crippen LogP contribution < -0.4 is 5.32 Å². The third-order valence-corrected chi connectivity index (χ3v) is 3.52. The van der Waals surface area contributed by atoms with Gasteiger partial charge in [-0.25, -0.2) is 9.59 Å². The number of carbonyl (C=O) groups is 2. The Balaban J connectivity index is 2.43. The van der Waals surface area contributed by atoms with Gasteiger partial charge in [0.2, 0.25) is 0 Å². The van der Waals surface area contributed by atoms with E-state index >= 15 is 0 Å². The summed E-state index contributed by atoms with van der Waals surface area (Å²) in [6.07, 6.45) is 4.29. The molecule has 1 aliphatic rings. The first kappa shape index (κ1) is 15.1. The van der Waals surface area contributed by atoms with E-state index in [1.54, 1.807) is 25.1 Å². The molecule has 1 heterocycles. The molecule has 21 heavy (non-hydrogen) atoms. The lowest BCUT2D eigenvalue weighted by Crippen LogP contribution is -2.37. The van der Waals surface area contributed by atoms with E-state index in [2.05, 4.69) is 5.32 Å². The van der Waals surface area contributed by atoms with Crippen LogP contribution in [0.3, 0.4) is 0 Å². The topological polar surface area (TPSA) is 75.6 Å². The molecule has 0 amide bonds. The standard InChI is InChI=1S/C16H19NO4/c1-3-6-10-9-13(16(20)21-4-2)17-12-8-5-7-11(14(10)12)15(18)19/h3,5-8,10,13,17H,4,9H2,1-2H3,(H,18,19)/b6-3-. The maximum Gasteiger partial charge on any atom is 0.336 e. The predicted octanol–water partition coefficient (Wildman–Crippen LogP) is 2.79. The third-order valence-electron chi connectivity index (χ3n) is 3.52. The zero-order valence-corrected chi connectivity index (χ0v) is 12.1. The van der Waals surface area contributed by atoms with Gasteiger partial charge in [0.25, 0.3) is 0 Å². The second kappa shape index (κ2) is 6.43. The van der Waals surface area contributed by atoms with Crippen molar-refractivity contribution in [1.29, 1.82) is 0 Å². The number of hydrogen-bond acceptors (Lipinski definition) is 4. The molecule has 0 radical (unpaired) electrons. The molecule has 5 heteroatoms. The number of hydrogen-bond donors (Lipinski definition) is 2. The van der Waals surface area contributed by atoms with Gasteiger partial charge in [-0.2, -0.15) is 0 Å². The number of fused-ring (bicyclic) bond motifs is 1. The number of carboxylic acids is 1. The first-order valence-corrected chi connectivity index (χ1v) is 7.00. The molecule has 112 valence electrons. The minimum atomic E-state index is -0.960. The van der Waals surface area contributed by atoms with Crippen molar-refractivity contribution in [2.75, 3.05) is 11.9 Å². The molecular formula is C16H19NO4. The Kier molecular flexibility index (Phi) is 4.62. The number of esters is 1. The van der Waals surface area contributed by atoms with Gasteiger partial charge in [-0.05, 0) is 38.0 Å². The zero-order chi connectivity index (χ0) is 15.4. The number of nitrogens with one attached hydrogen (secondary N) is 1. The molecule has 0 aliphatic carbocycles. The molecule has 2 N–H and O–H groups in total. The fourth-order valence-electron chi connectivity index (χ4n) is 2.70. The predicted molar refractivity (Wildman–Crippen MR) is 79.6 cm³/mol. The van der Waals surface area contributed by atoms with Crippen LogP contribution in [0, 0.1) is 0 Å². The Bertz CT molecular complexity index is 580. The van der Waals surface area contributed by atoms with Gasteiger partial charge in [0.15, 0.2) is 0 Å². The summed E-state index contributed by atoms with van der Waals surface area (Å²) in [6, 6.07) is 4.60. The first-order chi connectivity index (χ1) is 10.1. The molecule has 0 aromatic heterocycles. The zero-order valence-electron chi connectivity index (χ0n) is 12.1. The van der Waals surface area contributed by atoms with Crippen molar-refractivity contribution in [2.45, 2.75) is 32.2 Å². The second-order valence-corrected chi connectivity index (χ2v) is 4.89. The summed E-state index contributed by atoms with van der Waals surface area (Å²) >= 11 is 0. The van der Waals surface area contributed by atoms with E-state index in [9.17, 15) is 14.7 Å². The van der Waals surface area contributed by atoms with Crippen LogP contribution in [0.15, 0.2) is 30.4 Å². The molecule has 1 aromatic rings. The summed E-state index contributed by atoms with van der Waals surface area (Å²) < 4.78 is 5.06. The number of carbonyl (C=O) groups excluding carboxylic acids is 1. The molecular weight excluding hydrogens is 270 g/mol. The van der Waals surface area contributed by atoms with Crippen LogP contribution in [0.25, 0.3) is 0 Å². The number of rotatable bonds is 4. The van der Waals surface area contributed by atoms with E-state index in [0.717, 1.165) is 5.56 Å². The van der Waals surface area contributed by atoms with Crippen LogP contribution in [0.2, 0.25) is 0 Å². The van der Waals surface area contributed by atoms with Crippen LogP contribution in [-0.2, 0) is 9.53 Å². The molecule has 2 atom stereocenters. The molecule has 1 aliphatic heterocycles. The van der Waals surface area contributed by atoms with Crippen molar-refractivity contribution in [2.24, 2.45) is 0 Å². The Morgan fingerprint density at radius 2 is 2.24 bits per heavy atom. The fourth-order valence-corrected chi connectivity index (χ4v) is 2.70. The van der Waals surface area contributed by atoms with Crippen molar-refractivity contribution in [3.05, 3.63) is 41.5 Å². The van der Waals surface area contributed by atoms with Crippen molar-refractivity contribution in [3.63, 3.8) is 0 Å². The highest BCUT2D eigenvalue weighted by molar-refractivity contribution is 5.93. The molecule has 5 nitrogen and oxygen atoms in total. The maximum atomic E-state index is 12.0. The molecule has 2 rings (SSSR count). The van der Waals surface area contributed by atoms with Crippen molar-refractivity contribution in [1.82, 2.24) is 0 Å². The molecule has 2 unspecified atom stereocenters. The van der Waals surface area contributed by atoms with E-state index in [1.165, 1.54) is 0 Å². The van der Waals surface area contributed by atoms with E-state index in [-0.39, 0.29) is 17.5 Å². The largest absolute Gasteiger partial charge is 0.478 e. The number of carboxylic acid groups (broad SMARTS) is 1. The average molecular weight is 289 g/mol. The van der Waals surface area contributed by atoms with Crippen LogP contribution >= 0.6 is 0 Å². The Morgan fingerprint density at radius 3 is 2.86 bits per heavy atom. The minimum Gasteiger partial charge on any atom is -0.478 e. The normalized spacial score (nSPS) is 20.7. The van der Waals surface area contributed by atoms with Crippen molar-refractivity contribution >= 4 is 17.6 Å². The Labute approximate surface area is 123 Å². The van der Waals surface area contributed by atoms with Gasteiger partial charge in [0.05, 0.1) is 12.2 Å². The van der Waals surface area contributed by atoms with Gasteiger partial charge in [0.1, 0.15) is 6.04 Å². The molecule has 0 spiro atoms. The maximum absolute atomic E-state index is 12.0. The van der Waals surface area contributed by atoms with Gasteiger partial charge in [-0.15, -0.1) is 0 Å². The van der Waals surface area contributed by atoms with Gasteiger partial charge in [-0.3, -0.25) is 0 Å². The quantitative estimate of drug-likeness (QED) is 0.658. The number of aromatic carboxylic acids is 1. The molecule has 0 bridgehead atoms. The summed E-state index contributed by atoms with van der Waals surface area (Å²) in [7, 11) is 0. The number of ether oxygens (including phenoxy) is 1. The van der Waals surface area contributed by atoms with E-state index in [0.29, 0.717) is 18.7 Å². The van der Waals surface area contributed by atoms with Crippen LogP contribution in [-0.4, -0.2) is 29.7 Å². The number of anilines is 1. The SMILES string of the molecule is C/C=C\C1CC(C(=O)OCC)Nc2cccc(C(=O)O)c21. The highest BCUT2D eigenvalue weighted by Crippen LogP contribution is 2.38. The lowest BCUT2D eigenvalue weighted by atomic mass is 9.83. The molecule has 0 saturated carbocycles. The highest BCUT2D eigenvalue weighted by atomic mass is 16.5. The summed E-state index contributed by atoms with van der Waals surface area (Å²) in [4.78, 5) is 23.3. The van der Waals surface area contributed by atoms with Gasteiger partial charge < -0.3 is 15.2 Å². The number of benzene rings is 1. The van der Waals surface area contributed by atoms with Crippen LogP contribution in [0.1, 0.15) is 42.1 Å². The summed E-state index contributed by atoms with van der Waals surface area (Å²) in [5.41, 5.74) is 1.68. The van der Waals surface area contributed by atoms with Gasteiger partial charge in [-0.1, -0.05) is 18.2 Å². The lowest BCUT2D eigenvalue weighted by Gasteiger charge is -2.31. The summed E-state index contributed by atoms with van der Waals surface area (Å²) in [5.74, 6) is -1.39. The monoisotopic (exact) mass is 289 g/mol. The van der Waals surface area contributed by atoms with Crippen LogP contribution in [0.4, 0.5) is 5.69 Å². The first-order valence-electron chi connectivity index (χ1n) is 7.00. The van der Waals surface area contributed by atoms with Gasteiger partial charge in [0, 0.05) is 11.6 Å². The molecule has 0 fully saturated rings. The van der Waals surface area contributed by atoms with Crippen LogP contribution in [0.5, 0.6) is 0 Å². The molecule has 1 aromatic carbocycles. The van der Waals surface area contributed by atoms with E-state index in [4.69, 9.17) is 4.74 Å². The summed E-state index contributed by atoms with van der Waals surface area (Å²) in [5, 5.41) is 12.4.